The third-order valence-corrected chi connectivity index (χ3v) is 2.87. The molecule has 0 saturated heterocycles. The molecule has 0 aromatic rings. The second-order valence-corrected chi connectivity index (χ2v) is 5.82. The van der Waals surface area contributed by atoms with Crippen LogP contribution in [0.25, 0.3) is 0 Å². The Kier molecular flexibility index (Phi) is 4.56. The minimum absolute atomic E-state index is 0.0724. The average Bonchev–Trinajstić information content (AvgIpc) is 2.09. The standard InChI is InChI=1S/C12H21NO5/c1-11(2,3)18-10(16)13-17-8-12(5-4-6-12)7-9(14)15/h4-8H2,1-3H3,(H,13,16)(H,14,15). The van der Waals surface area contributed by atoms with E-state index in [1.807, 2.05) is 0 Å². The lowest BCUT2D eigenvalue weighted by Crippen LogP contribution is -2.40. The molecular weight excluding hydrogens is 238 g/mol. The average molecular weight is 259 g/mol. The van der Waals surface area contributed by atoms with Gasteiger partial charge >= 0.3 is 12.1 Å². The zero-order valence-electron chi connectivity index (χ0n) is 11.1. The minimum atomic E-state index is -0.837. The van der Waals surface area contributed by atoms with Gasteiger partial charge in [0.05, 0.1) is 13.0 Å². The van der Waals surface area contributed by atoms with Crippen LogP contribution in [-0.2, 0) is 14.4 Å². The lowest BCUT2D eigenvalue weighted by Gasteiger charge is -2.39. The summed E-state index contributed by atoms with van der Waals surface area (Å²) in [5, 5.41) is 8.81. The van der Waals surface area contributed by atoms with Gasteiger partial charge in [0.25, 0.3) is 0 Å². The van der Waals surface area contributed by atoms with Crippen LogP contribution in [-0.4, -0.2) is 29.4 Å². The van der Waals surface area contributed by atoms with Crippen molar-refractivity contribution < 1.29 is 24.3 Å². The molecule has 2 N–H and O–H groups in total. The van der Waals surface area contributed by atoms with Gasteiger partial charge in [-0.2, -0.15) is 5.48 Å². The number of carboxylic acids is 1. The first-order valence-corrected chi connectivity index (χ1v) is 6.05. The van der Waals surface area contributed by atoms with Crippen LogP contribution in [0, 0.1) is 5.41 Å². The Labute approximate surface area is 107 Å². The summed E-state index contributed by atoms with van der Waals surface area (Å²) in [5.74, 6) is -0.837. The van der Waals surface area contributed by atoms with E-state index in [-0.39, 0.29) is 18.4 Å². The van der Waals surface area contributed by atoms with Gasteiger partial charge in [-0.25, -0.2) is 4.79 Å². The van der Waals surface area contributed by atoms with E-state index in [4.69, 9.17) is 14.7 Å². The highest BCUT2D eigenvalue weighted by atomic mass is 16.7. The molecule has 1 fully saturated rings. The Morgan fingerprint density at radius 3 is 2.33 bits per heavy atom. The van der Waals surface area contributed by atoms with Crippen LogP contribution in [0.15, 0.2) is 0 Å². The molecule has 0 bridgehead atoms. The summed E-state index contributed by atoms with van der Waals surface area (Å²) in [6.45, 7) is 5.47. The summed E-state index contributed by atoms with van der Waals surface area (Å²) in [6, 6.07) is 0. The fourth-order valence-corrected chi connectivity index (χ4v) is 1.92. The monoisotopic (exact) mass is 259 g/mol. The van der Waals surface area contributed by atoms with Gasteiger partial charge in [0.2, 0.25) is 0 Å². The third kappa shape index (κ3) is 4.91. The Bertz CT molecular complexity index is 317. The largest absolute Gasteiger partial charge is 0.481 e. The second-order valence-electron chi connectivity index (χ2n) is 5.82. The van der Waals surface area contributed by atoms with Gasteiger partial charge in [0.1, 0.15) is 5.60 Å². The van der Waals surface area contributed by atoms with Crippen molar-refractivity contribution in [3.8, 4) is 0 Å². The zero-order chi connectivity index (χ0) is 13.8. The summed E-state index contributed by atoms with van der Waals surface area (Å²) in [6.07, 6.45) is 2.05. The van der Waals surface area contributed by atoms with Gasteiger partial charge in [-0.15, -0.1) is 0 Å². The molecule has 18 heavy (non-hydrogen) atoms. The van der Waals surface area contributed by atoms with Crippen LogP contribution in [0.2, 0.25) is 0 Å². The molecule has 1 aliphatic rings. The molecule has 0 aliphatic heterocycles. The summed E-state index contributed by atoms with van der Waals surface area (Å²) in [5.41, 5.74) is 1.27. The SMILES string of the molecule is CC(C)(C)OC(=O)NOCC1(CC(=O)O)CCC1. The third-order valence-electron chi connectivity index (χ3n) is 2.87. The van der Waals surface area contributed by atoms with Gasteiger partial charge in [-0.05, 0) is 33.6 Å². The Morgan fingerprint density at radius 2 is 1.94 bits per heavy atom. The number of rotatable bonds is 5. The molecular formula is C12H21NO5. The molecule has 0 unspecified atom stereocenters. The molecule has 6 heteroatoms. The molecule has 0 atom stereocenters. The normalized spacial score (nSPS) is 17.7. The van der Waals surface area contributed by atoms with Crippen LogP contribution in [0.1, 0.15) is 46.5 Å². The lowest BCUT2D eigenvalue weighted by atomic mass is 9.67. The number of aliphatic carboxylic acids is 1. The summed E-state index contributed by atoms with van der Waals surface area (Å²) in [7, 11) is 0. The number of amides is 1. The quantitative estimate of drug-likeness (QED) is 0.738. The van der Waals surface area contributed by atoms with E-state index in [1.54, 1.807) is 20.8 Å². The summed E-state index contributed by atoms with van der Waals surface area (Å²) >= 11 is 0. The highest BCUT2D eigenvalue weighted by Gasteiger charge is 2.39. The van der Waals surface area contributed by atoms with Crippen LogP contribution >= 0.6 is 0 Å². The minimum Gasteiger partial charge on any atom is -0.481 e. The predicted molar refractivity (Wildman–Crippen MR) is 63.9 cm³/mol. The van der Waals surface area contributed by atoms with E-state index in [0.29, 0.717) is 0 Å². The Hall–Kier alpha value is -1.30. The van der Waals surface area contributed by atoms with E-state index in [2.05, 4.69) is 5.48 Å². The van der Waals surface area contributed by atoms with E-state index < -0.39 is 17.7 Å². The van der Waals surface area contributed by atoms with Gasteiger partial charge in [-0.3, -0.25) is 9.63 Å². The second kappa shape index (κ2) is 5.56. The van der Waals surface area contributed by atoms with Crippen molar-refractivity contribution in [2.24, 2.45) is 5.41 Å². The Balaban J connectivity index is 2.28. The summed E-state index contributed by atoms with van der Waals surface area (Å²) < 4.78 is 4.99. The Morgan fingerprint density at radius 1 is 1.33 bits per heavy atom. The van der Waals surface area contributed by atoms with Crippen molar-refractivity contribution in [1.82, 2.24) is 5.48 Å². The molecule has 0 aromatic carbocycles. The molecule has 1 rings (SSSR count). The zero-order valence-corrected chi connectivity index (χ0v) is 11.1. The molecule has 0 heterocycles. The predicted octanol–water partition coefficient (Wildman–Crippen LogP) is 2.09. The van der Waals surface area contributed by atoms with Crippen molar-refractivity contribution in [2.45, 2.75) is 52.1 Å². The molecule has 1 aliphatic carbocycles. The highest BCUT2D eigenvalue weighted by molar-refractivity contribution is 5.68. The first-order valence-electron chi connectivity index (χ1n) is 6.05. The maximum atomic E-state index is 11.3. The molecule has 104 valence electrons. The number of nitrogens with one attached hydrogen (secondary N) is 1. The lowest BCUT2D eigenvalue weighted by molar-refractivity contribution is -0.144. The fraction of sp³-hybridized carbons (Fsp3) is 0.833. The van der Waals surface area contributed by atoms with Crippen LogP contribution < -0.4 is 5.48 Å². The maximum absolute atomic E-state index is 11.3. The van der Waals surface area contributed by atoms with Crippen molar-refractivity contribution >= 4 is 12.1 Å². The van der Waals surface area contributed by atoms with Crippen LogP contribution in [0.4, 0.5) is 4.79 Å². The number of hydroxylamine groups is 1. The van der Waals surface area contributed by atoms with Crippen LogP contribution in [0.5, 0.6) is 0 Å². The topological polar surface area (TPSA) is 84.9 Å². The van der Waals surface area contributed by atoms with Gasteiger partial charge in [0.15, 0.2) is 0 Å². The van der Waals surface area contributed by atoms with E-state index in [1.165, 1.54) is 0 Å². The van der Waals surface area contributed by atoms with Crippen molar-refractivity contribution in [2.75, 3.05) is 6.61 Å². The van der Waals surface area contributed by atoms with Crippen molar-refractivity contribution in [1.29, 1.82) is 0 Å². The van der Waals surface area contributed by atoms with Gasteiger partial charge < -0.3 is 9.84 Å². The van der Waals surface area contributed by atoms with E-state index >= 15 is 0 Å². The molecule has 0 spiro atoms. The van der Waals surface area contributed by atoms with E-state index in [0.717, 1.165) is 19.3 Å². The molecule has 0 radical (unpaired) electrons. The number of hydrogen-bond acceptors (Lipinski definition) is 4. The van der Waals surface area contributed by atoms with Gasteiger partial charge in [0, 0.05) is 5.41 Å². The smallest absolute Gasteiger partial charge is 0.431 e. The summed E-state index contributed by atoms with van der Waals surface area (Å²) in [4.78, 5) is 27.1. The molecule has 6 nitrogen and oxygen atoms in total. The number of hydrogen-bond donors (Lipinski definition) is 2. The first kappa shape index (κ1) is 14.8. The highest BCUT2D eigenvalue weighted by Crippen LogP contribution is 2.43. The fourth-order valence-electron chi connectivity index (χ4n) is 1.92. The van der Waals surface area contributed by atoms with Crippen molar-refractivity contribution in [3.05, 3.63) is 0 Å². The van der Waals surface area contributed by atoms with E-state index in [9.17, 15) is 9.59 Å². The van der Waals surface area contributed by atoms with Gasteiger partial charge in [-0.1, -0.05) is 6.42 Å². The number of carbonyl (C=O) groups excluding carboxylic acids is 1. The molecule has 1 saturated carbocycles. The molecule has 0 aromatic heterocycles. The maximum Gasteiger partial charge on any atom is 0.431 e. The number of carboxylic acid groups (broad SMARTS) is 1. The first-order chi connectivity index (χ1) is 8.22. The van der Waals surface area contributed by atoms with Crippen LogP contribution in [0.3, 0.4) is 0 Å². The number of carbonyl (C=O) groups is 2. The van der Waals surface area contributed by atoms with Crippen molar-refractivity contribution in [3.63, 3.8) is 0 Å². The number of ether oxygens (including phenoxy) is 1. The molecule has 1 amide bonds.